The van der Waals surface area contributed by atoms with Gasteiger partial charge < -0.3 is 0 Å². The molecule has 8 heteroatoms. The first-order chi connectivity index (χ1) is 13.6. The van der Waals surface area contributed by atoms with Crippen LogP contribution in [0.4, 0.5) is 4.39 Å². The Kier molecular flexibility index (Phi) is 3.84. The number of hydrogen-bond donors (Lipinski definition) is 0. The van der Waals surface area contributed by atoms with Crippen molar-refractivity contribution in [2.75, 3.05) is 0 Å². The largest absolute Gasteiger partial charge is 0.258 e. The molecule has 5 aromatic rings. The monoisotopic (exact) mass is 392 g/mol. The molecule has 1 aromatic carbocycles. The molecule has 28 heavy (non-hydrogen) atoms. The number of pyridine rings is 1. The normalized spacial score (nSPS) is 11.5. The second-order valence-corrected chi connectivity index (χ2v) is 6.94. The summed E-state index contributed by atoms with van der Waals surface area (Å²) in [7, 11) is 0. The first-order valence-electron chi connectivity index (χ1n) is 8.66. The van der Waals surface area contributed by atoms with Gasteiger partial charge in [-0.3, -0.25) is 9.67 Å². The van der Waals surface area contributed by atoms with Crippen molar-refractivity contribution in [1.29, 1.82) is 0 Å². The van der Waals surface area contributed by atoms with Crippen molar-refractivity contribution in [3.8, 4) is 11.3 Å². The van der Waals surface area contributed by atoms with Crippen LogP contribution in [0.1, 0.15) is 11.3 Å². The predicted molar refractivity (Wildman–Crippen MR) is 105 cm³/mol. The molecule has 0 fully saturated rings. The lowest BCUT2D eigenvalue weighted by Gasteiger charge is -2.07. The highest BCUT2D eigenvalue weighted by Gasteiger charge is 2.14. The first kappa shape index (κ1) is 16.8. The fraction of sp³-hybridized carbons (Fsp3) is 0.100. The lowest BCUT2D eigenvalue weighted by atomic mass is 10.2. The fourth-order valence-electron chi connectivity index (χ4n) is 3.31. The van der Waals surface area contributed by atoms with Gasteiger partial charge in [0, 0.05) is 28.5 Å². The van der Waals surface area contributed by atoms with E-state index in [0.29, 0.717) is 10.6 Å². The zero-order valence-electron chi connectivity index (χ0n) is 14.8. The Labute approximate surface area is 164 Å². The van der Waals surface area contributed by atoms with E-state index in [9.17, 15) is 4.39 Å². The van der Waals surface area contributed by atoms with Crippen molar-refractivity contribution in [2.45, 2.75) is 13.5 Å². The summed E-state index contributed by atoms with van der Waals surface area (Å²) in [5.74, 6) is -0.357. The summed E-state index contributed by atoms with van der Waals surface area (Å²) in [6, 6.07) is 10.4. The van der Waals surface area contributed by atoms with Gasteiger partial charge in [0.2, 0.25) is 0 Å². The number of rotatable bonds is 3. The van der Waals surface area contributed by atoms with Crippen LogP contribution in [-0.4, -0.2) is 29.4 Å². The van der Waals surface area contributed by atoms with Gasteiger partial charge in [0.25, 0.3) is 0 Å². The van der Waals surface area contributed by atoms with Crippen LogP contribution in [-0.2, 0) is 6.54 Å². The number of aryl methyl sites for hydroxylation is 1. The number of benzene rings is 1. The van der Waals surface area contributed by atoms with Crippen LogP contribution in [0.25, 0.3) is 27.9 Å². The second-order valence-electron chi connectivity index (χ2n) is 6.51. The SMILES string of the molecule is Cc1nn(Cc2ccc(Cl)cc2F)c2cc(-c3cnc4cccnn34)cnc12. The molecule has 4 heterocycles. The van der Waals surface area contributed by atoms with Crippen LogP contribution in [0.15, 0.2) is 55.0 Å². The molecule has 0 saturated heterocycles. The van der Waals surface area contributed by atoms with E-state index in [1.165, 1.54) is 6.07 Å². The zero-order valence-corrected chi connectivity index (χ0v) is 15.6. The maximum absolute atomic E-state index is 14.3. The maximum atomic E-state index is 14.3. The summed E-state index contributed by atoms with van der Waals surface area (Å²) >= 11 is 5.86. The molecule has 5 rings (SSSR count). The molecule has 0 unspecified atom stereocenters. The average Bonchev–Trinajstić information content (AvgIpc) is 3.25. The van der Waals surface area contributed by atoms with Gasteiger partial charge in [0.1, 0.15) is 11.3 Å². The van der Waals surface area contributed by atoms with Crippen LogP contribution in [0, 0.1) is 12.7 Å². The Morgan fingerprint density at radius 1 is 1.11 bits per heavy atom. The molecule has 0 saturated carbocycles. The smallest absolute Gasteiger partial charge is 0.154 e. The van der Waals surface area contributed by atoms with Crippen molar-refractivity contribution in [3.63, 3.8) is 0 Å². The van der Waals surface area contributed by atoms with Gasteiger partial charge in [0.05, 0.1) is 29.6 Å². The maximum Gasteiger partial charge on any atom is 0.154 e. The van der Waals surface area contributed by atoms with Crippen molar-refractivity contribution in [2.24, 2.45) is 0 Å². The van der Waals surface area contributed by atoms with Gasteiger partial charge in [0.15, 0.2) is 5.65 Å². The van der Waals surface area contributed by atoms with Crippen LogP contribution in [0.3, 0.4) is 0 Å². The molecule has 6 nitrogen and oxygen atoms in total. The summed E-state index contributed by atoms with van der Waals surface area (Å²) in [6.45, 7) is 2.17. The van der Waals surface area contributed by atoms with E-state index in [1.807, 2.05) is 25.1 Å². The predicted octanol–water partition coefficient (Wildman–Crippen LogP) is 4.29. The molecular weight excluding hydrogens is 379 g/mol. The van der Waals surface area contributed by atoms with E-state index in [-0.39, 0.29) is 12.4 Å². The molecule has 0 spiro atoms. The van der Waals surface area contributed by atoms with Crippen LogP contribution in [0.2, 0.25) is 5.02 Å². The quantitative estimate of drug-likeness (QED) is 0.459. The lowest BCUT2D eigenvalue weighted by molar-refractivity contribution is 0.589. The third-order valence-corrected chi connectivity index (χ3v) is 4.90. The van der Waals surface area contributed by atoms with Crippen molar-refractivity contribution in [1.82, 2.24) is 29.4 Å². The van der Waals surface area contributed by atoms with E-state index < -0.39 is 0 Å². The van der Waals surface area contributed by atoms with Crippen molar-refractivity contribution >= 4 is 28.3 Å². The van der Waals surface area contributed by atoms with Crippen LogP contribution < -0.4 is 0 Å². The Morgan fingerprint density at radius 2 is 2.00 bits per heavy atom. The van der Waals surface area contributed by atoms with E-state index in [2.05, 4.69) is 20.2 Å². The number of fused-ring (bicyclic) bond motifs is 2. The molecule has 138 valence electrons. The summed E-state index contributed by atoms with van der Waals surface area (Å²) in [5, 5.41) is 9.27. The van der Waals surface area contributed by atoms with Crippen LogP contribution in [0.5, 0.6) is 0 Å². The Morgan fingerprint density at radius 3 is 2.86 bits per heavy atom. The molecule has 0 atom stereocenters. The first-order valence-corrected chi connectivity index (χ1v) is 9.04. The van der Waals surface area contributed by atoms with E-state index in [4.69, 9.17) is 11.6 Å². The molecule has 4 aromatic heterocycles. The number of nitrogens with zero attached hydrogens (tertiary/aromatic N) is 6. The minimum absolute atomic E-state index is 0.282. The number of imidazole rings is 1. The van der Waals surface area contributed by atoms with Gasteiger partial charge in [-0.2, -0.15) is 10.2 Å². The van der Waals surface area contributed by atoms with Gasteiger partial charge in [-0.25, -0.2) is 13.9 Å². The van der Waals surface area contributed by atoms with E-state index in [0.717, 1.165) is 33.6 Å². The van der Waals surface area contributed by atoms with Gasteiger partial charge >= 0.3 is 0 Å². The fourth-order valence-corrected chi connectivity index (χ4v) is 3.47. The number of halogens is 2. The van der Waals surface area contributed by atoms with Crippen molar-refractivity contribution < 1.29 is 4.39 Å². The Bertz CT molecular complexity index is 1340. The highest BCUT2D eigenvalue weighted by Crippen LogP contribution is 2.25. The van der Waals surface area contributed by atoms with E-state index in [1.54, 1.807) is 39.9 Å². The summed E-state index contributed by atoms with van der Waals surface area (Å²) < 4.78 is 17.8. The molecule has 0 amide bonds. The minimum Gasteiger partial charge on any atom is -0.258 e. The zero-order chi connectivity index (χ0) is 19.3. The highest BCUT2D eigenvalue weighted by atomic mass is 35.5. The molecule has 0 aliphatic carbocycles. The average molecular weight is 393 g/mol. The molecule has 0 bridgehead atoms. The second kappa shape index (κ2) is 6.38. The van der Waals surface area contributed by atoms with Crippen LogP contribution >= 0.6 is 11.6 Å². The third kappa shape index (κ3) is 2.71. The highest BCUT2D eigenvalue weighted by molar-refractivity contribution is 6.30. The topological polar surface area (TPSA) is 60.9 Å². The number of hydrogen-bond acceptors (Lipinski definition) is 4. The van der Waals surface area contributed by atoms with E-state index >= 15 is 0 Å². The standard InChI is InChI=1S/C20H14ClFN6/c1-12-20-17(27(26-12)11-13-4-5-15(21)8-16(13)22)7-14(9-24-20)18-10-23-19-3-2-6-25-28(18)19/h2-10H,11H2,1H3. The summed E-state index contributed by atoms with van der Waals surface area (Å²) in [6.07, 6.45) is 5.25. The minimum atomic E-state index is -0.357. The van der Waals surface area contributed by atoms with Gasteiger partial charge in [-0.05, 0) is 37.3 Å². The lowest BCUT2D eigenvalue weighted by Crippen LogP contribution is -2.04. The molecule has 0 aliphatic rings. The molecule has 0 aliphatic heterocycles. The Hall–Kier alpha value is -3.32. The number of aromatic nitrogens is 6. The third-order valence-electron chi connectivity index (χ3n) is 4.67. The van der Waals surface area contributed by atoms with Gasteiger partial charge in [-0.1, -0.05) is 17.7 Å². The summed E-state index contributed by atoms with van der Waals surface area (Å²) in [4.78, 5) is 8.95. The summed E-state index contributed by atoms with van der Waals surface area (Å²) in [5.41, 5.74) is 5.33. The Balaban J connectivity index is 1.64. The molecule has 0 radical (unpaired) electrons. The molecule has 0 N–H and O–H groups in total. The van der Waals surface area contributed by atoms with Crippen molar-refractivity contribution in [3.05, 3.63) is 77.1 Å². The van der Waals surface area contributed by atoms with Gasteiger partial charge in [-0.15, -0.1) is 0 Å². The molecular formula is C20H14ClFN6.